The van der Waals surface area contributed by atoms with Crippen LogP contribution in [0.3, 0.4) is 0 Å². The first-order valence-corrected chi connectivity index (χ1v) is 7.29. The molecule has 0 bridgehead atoms. The molecule has 3 heteroatoms. The van der Waals surface area contributed by atoms with Crippen LogP contribution in [0, 0.1) is 5.92 Å². The van der Waals surface area contributed by atoms with Crippen molar-refractivity contribution in [3.8, 4) is 0 Å². The van der Waals surface area contributed by atoms with Crippen LogP contribution in [0.15, 0.2) is 22.9 Å². The van der Waals surface area contributed by atoms with E-state index in [0.29, 0.717) is 12.0 Å². The summed E-state index contributed by atoms with van der Waals surface area (Å²) in [5.74, 6) is 0.641. The van der Waals surface area contributed by atoms with Gasteiger partial charge in [0.05, 0.1) is 0 Å². The molecule has 2 atom stereocenters. The van der Waals surface area contributed by atoms with Gasteiger partial charge >= 0.3 is 0 Å². The van der Waals surface area contributed by atoms with E-state index in [2.05, 4.69) is 53.1 Å². The Labute approximate surface area is 113 Å². The van der Waals surface area contributed by atoms with Gasteiger partial charge in [-0.3, -0.25) is 4.98 Å². The van der Waals surface area contributed by atoms with Crippen molar-refractivity contribution in [1.29, 1.82) is 0 Å². The molecule has 0 aliphatic heterocycles. The van der Waals surface area contributed by atoms with Gasteiger partial charge in [-0.1, -0.05) is 20.8 Å². The summed E-state index contributed by atoms with van der Waals surface area (Å²) in [6, 6.07) is 2.77. The molecule has 1 aromatic rings. The maximum absolute atomic E-state index is 4.22. The van der Waals surface area contributed by atoms with Gasteiger partial charge in [0.2, 0.25) is 0 Å². The summed E-state index contributed by atoms with van der Waals surface area (Å²) in [4.78, 5) is 4.22. The lowest BCUT2D eigenvalue weighted by atomic mass is 9.93. The fourth-order valence-electron chi connectivity index (χ4n) is 2.16. The molecule has 1 rings (SSSR count). The Kier molecular flexibility index (Phi) is 6.75. The van der Waals surface area contributed by atoms with E-state index in [9.17, 15) is 0 Å². The molecule has 0 aromatic carbocycles. The largest absolute Gasteiger partial charge is 0.314 e. The van der Waals surface area contributed by atoms with Crippen molar-refractivity contribution in [2.75, 3.05) is 6.54 Å². The Balaban J connectivity index is 2.54. The third kappa shape index (κ3) is 5.17. The van der Waals surface area contributed by atoms with Crippen LogP contribution in [0.1, 0.15) is 39.2 Å². The number of halogens is 1. The van der Waals surface area contributed by atoms with Crippen LogP contribution in [0.4, 0.5) is 0 Å². The molecule has 0 saturated carbocycles. The first-order chi connectivity index (χ1) is 8.17. The van der Waals surface area contributed by atoms with E-state index in [-0.39, 0.29) is 0 Å². The summed E-state index contributed by atoms with van der Waals surface area (Å²) in [5.41, 5.74) is 1.31. The molecule has 0 fully saturated rings. The molecular formula is C14H23BrN2. The van der Waals surface area contributed by atoms with Crippen molar-refractivity contribution in [2.45, 2.75) is 46.1 Å². The minimum Gasteiger partial charge on any atom is -0.314 e. The molecule has 96 valence electrons. The number of rotatable bonds is 7. The van der Waals surface area contributed by atoms with Gasteiger partial charge in [-0.25, -0.2) is 0 Å². The normalized spacial score (nSPS) is 14.6. The fourth-order valence-corrected chi connectivity index (χ4v) is 2.57. The van der Waals surface area contributed by atoms with Gasteiger partial charge in [-0.15, -0.1) is 0 Å². The van der Waals surface area contributed by atoms with Crippen molar-refractivity contribution < 1.29 is 0 Å². The molecule has 0 spiro atoms. The summed E-state index contributed by atoms with van der Waals surface area (Å²) in [7, 11) is 0. The SMILES string of the molecule is CCCNC(CC)C(C)Cc1cncc(Br)c1. The molecule has 17 heavy (non-hydrogen) atoms. The zero-order valence-corrected chi connectivity index (χ0v) is 12.6. The van der Waals surface area contributed by atoms with Gasteiger partial charge in [-0.05, 0) is 59.3 Å². The third-order valence-corrected chi connectivity index (χ3v) is 3.54. The first-order valence-electron chi connectivity index (χ1n) is 6.50. The molecule has 1 heterocycles. The predicted octanol–water partition coefficient (Wildman–Crippen LogP) is 3.80. The topological polar surface area (TPSA) is 24.9 Å². The number of nitrogens with one attached hydrogen (secondary N) is 1. The second-order valence-corrected chi connectivity index (χ2v) is 5.58. The molecule has 0 radical (unpaired) electrons. The minimum atomic E-state index is 0.605. The highest BCUT2D eigenvalue weighted by Crippen LogP contribution is 2.17. The summed E-state index contributed by atoms with van der Waals surface area (Å²) < 4.78 is 1.07. The number of hydrogen-bond acceptors (Lipinski definition) is 2. The van der Waals surface area contributed by atoms with E-state index >= 15 is 0 Å². The summed E-state index contributed by atoms with van der Waals surface area (Å²) >= 11 is 3.47. The van der Waals surface area contributed by atoms with E-state index in [1.807, 2.05) is 12.4 Å². The zero-order valence-electron chi connectivity index (χ0n) is 11.0. The van der Waals surface area contributed by atoms with Crippen LogP contribution in [0.5, 0.6) is 0 Å². The van der Waals surface area contributed by atoms with Gasteiger partial charge in [0, 0.05) is 22.9 Å². The fraction of sp³-hybridized carbons (Fsp3) is 0.643. The van der Waals surface area contributed by atoms with Gasteiger partial charge in [0.1, 0.15) is 0 Å². The third-order valence-electron chi connectivity index (χ3n) is 3.10. The zero-order chi connectivity index (χ0) is 12.7. The monoisotopic (exact) mass is 298 g/mol. The molecule has 0 aliphatic rings. The number of pyridine rings is 1. The van der Waals surface area contributed by atoms with Crippen LogP contribution in [-0.4, -0.2) is 17.6 Å². The van der Waals surface area contributed by atoms with Gasteiger partial charge < -0.3 is 5.32 Å². The molecule has 0 aliphatic carbocycles. The summed E-state index contributed by atoms with van der Waals surface area (Å²) in [6.07, 6.45) is 7.26. The summed E-state index contributed by atoms with van der Waals surface area (Å²) in [5, 5.41) is 3.62. The van der Waals surface area contributed by atoms with Crippen LogP contribution in [-0.2, 0) is 6.42 Å². The van der Waals surface area contributed by atoms with E-state index in [1.165, 1.54) is 18.4 Å². The first kappa shape index (κ1) is 14.7. The maximum atomic E-state index is 4.22. The highest BCUT2D eigenvalue weighted by atomic mass is 79.9. The lowest BCUT2D eigenvalue weighted by molar-refractivity contribution is 0.364. The number of aromatic nitrogens is 1. The maximum Gasteiger partial charge on any atom is 0.0410 e. The second kappa shape index (κ2) is 7.83. The lowest BCUT2D eigenvalue weighted by Crippen LogP contribution is -2.35. The van der Waals surface area contributed by atoms with E-state index < -0.39 is 0 Å². The van der Waals surface area contributed by atoms with E-state index in [0.717, 1.165) is 17.4 Å². The molecule has 2 unspecified atom stereocenters. The Hall–Kier alpha value is -0.410. The van der Waals surface area contributed by atoms with Crippen molar-refractivity contribution >= 4 is 15.9 Å². The molecule has 0 saturated heterocycles. The van der Waals surface area contributed by atoms with Crippen LogP contribution >= 0.6 is 15.9 Å². The quantitative estimate of drug-likeness (QED) is 0.828. The Morgan fingerprint density at radius 3 is 2.71 bits per heavy atom. The van der Waals surface area contributed by atoms with Gasteiger partial charge in [0.25, 0.3) is 0 Å². The predicted molar refractivity (Wildman–Crippen MR) is 77.2 cm³/mol. The van der Waals surface area contributed by atoms with Crippen molar-refractivity contribution in [2.24, 2.45) is 5.92 Å². The number of nitrogens with zero attached hydrogens (tertiary/aromatic N) is 1. The van der Waals surface area contributed by atoms with E-state index in [1.54, 1.807) is 0 Å². The molecule has 0 amide bonds. The standard InChI is InChI=1S/C14H23BrN2/c1-4-6-17-14(5-2)11(3)7-12-8-13(15)10-16-9-12/h8-11,14,17H,4-7H2,1-3H3. The highest BCUT2D eigenvalue weighted by molar-refractivity contribution is 9.10. The molecular weight excluding hydrogens is 276 g/mol. The van der Waals surface area contributed by atoms with Crippen molar-refractivity contribution in [3.63, 3.8) is 0 Å². The Bertz CT molecular complexity index is 328. The van der Waals surface area contributed by atoms with Crippen LogP contribution < -0.4 is 5.32 Å². The Morgan fingerprint density at radius 2 is 2.12 bits per heavy atom. The van der Waals surface area contributed by atoms with E-state index in [4.69, 9.17) is 0 Å². The second-order valence-electron chi connectivity index (χ2n) is 4.66. The van der Waals surface area contributed by atoms with Crippen LogP contribution in [0.2, 0.25) is 0 Å². The summed E-state index contributed by atoms with van der Waals surface area (Å²) in [6.45, 7) is 7.89. The van der Waals surface area contributed by atoms with Crippen molar-refractivity contribution in [3.05, 3.63) is 28.5 Å². The van der Waals surface area contributed by atoms with Crippen molar-refractivity contribution in [1.82, 2.24) is 10.3 Å². The number of hydrogen-bond donors (Lipinski definition) is 1. The minimum absolute atomic E-state index is 0.605. The molecule has 2 nitrogen and oxygen atoms in total. The average molecular weight is 299 g/mol. The average Bonchev–Trinajstić information content (AvgIpc) is 2.30. The lowest BCUT2D eigenvalue weighted by Gasteiger charge is -2.24. The highest BCUT2D eigenvalue weighted by Gasteiger charge is 2.15. The smallest absolute Gasteiger partial charge is 0.0410 e. The Morgan fingerprint density at radius 1 is 1.35 bits per heavy atom. The van der Waals surface area contributed by atoms with Gasteiger partial charge in [-0.2, -0.15) is 0 Å². The van der Waals surface area contributed by atoms with Crippen LogP contribution in [0.25, 0.3) is 0 Å². The molecule has 1 aromatic heterocycles. The van der Waals surface area contributed by atoms with Gasteiger partial charge in [0.15, 0.2) is 0 Å². The molecule has 1 N–H and O–H groups in total.